The number of benzene rings is 2. The van der Waals surface area contributed by atoms with Crippen molar-refractivity contribution in [2.45, 2.75) is 40.2 Å². The fraction of sp³-hybridized carbons (Fsp3) is 0.321. The van der Waals surface area contributed by atoms with Crippen LogP contribution in [0.4, 0.5) is 22.9 Å². The molecule has 0 aliphatic carbocycles. The molecule has 4 aromatic rings. The van der Waals surface area contributed by atoms with Crippen molar-refractivity contribution in [3.8, 4) is 0 Å². The Hall–Kier alpha value is -4.27. The maximum absolute atomic E-state index is 12.7. The summed E-state index contributed by atoms with van der Waals surface area (Å²) in [6.45, 7) is 8.94. The maximum Gasteiger partial charge on any atom is 0.328 e. The van der Waals surface area contributed by atoms with E-state index in [9.17, 15) is 14.4 Å². The monoisotopic (exact) mass is 501 g/mol. The molecule has 3 aromatic carbocycles. The zero-order valence-corrected chi connectivity index (χ0v) is 21.5. The lowest BCUT2D eigenvalue weighted by Gasteiger charge is -2.27. The Labute approximate surface area is 215 Å². The van der Waals surface area contributed by atoms with E-state index in [0.29, 0.717) is 24.6 Å². The first-order valence-electron chi connectivity index (χ1n) is 12.5. The molecule has 4 rings (SSSR count). The number of aromatic nitrogens is 2. The highest BCUT2D eigenvalue weighted by molar-refractivity contribution is 5.93. The molecule has 9 heteroatoms. The number of esters is 1. The van der Waals surface area contributed by atoms with Crippen LogP contribution in [0.25, 0.3) is 10.9 Å². The topological polar surface area (TPSA) is 114 Å². The largest absolute Gasteiger partial charge is 0.464 e. The fourth-order valence-corrected chi connectivity index (χ4v) is 4.44. The fourth-order valence-electron chi connectivity index (χ4n) is 4.44. The summed E-state index contributed by atoms with van der Waals surface area (Å²) in [5.41, 5.74) is 3.00. The van der Waals surface area contributed by atoms with E-state index >= 15 is 0 Å². The Bertz CT molecular complexity index is 1470. The summed E-state index contributed by atoms with van der Waals surface area (Å²) in [6.07, 6.45) is 1.81. The normalized spacial score (nSPS) is 11.9. The number of aryl methyl sites for hydroxylation is 1. The number of hydrogen-bond donors (Lipinski definition) is 2. The van der Waals surface area contributed by atoms with Crippen LogP contribution in [-0.4, -0.2) is 41.7 Å². The molecule has 0 bridgehead atoms. The minimum absolute atomic E-state index is 0.177. The second-order valence-corrected chi connectivity index (χ2v) is 8.72. The van der Waals surface area contributed by atoms with Gasteiger partial charge in [0.2, 0.25) is 0 Å². The molecule has 0 radical (unpaired) electrons. The smallest absolute Gasteiger partial charge is 0.328 e. The van der Waals surface area contributed by atoms with Crippen LogP contribution in [0.15, 0.2) is 58.4 Å². The van der Waals surface area contributed by atoms with Gasteiger partial charge >= 0.3 is 5.97 Å². The SMILES string of the molecule is CCOC(=O)[C@H](Cc1ccc(Nc2ncnc3cccc(C)c23)cc1)Nc1c(N(CC)CC)c(=O)c1=O. The summed E-state index contributed by atoms with van der Waals surface area (Å²) in [4.78, 5) is 47.9. The predicted molar refractivity (Wildman–Crippen MR) is 147 cm³/mol. The van der Waals surface area contributed by atoms with E-state index in [4.69, 9.17) is 4.74 Å². The third-order valence-electron chi connectivity index (χ3n) is 6.38. The first-order chi connectivity index (χ1) is 17.9. The quantitative estimate of drug-likeness (QED) is 0.234. The van der Waals surface area contributed by atoms with E-state index in [1.165, 1.54) is 6.33 Å². The van der Waals surface area contributed by atoms with Gasteiger partial charge in [-0.15, -0.1) is 0 Å². The van der Waals surface area contributed by atoms with Crippen LogP contribution >= 0.6 is 0 Å². The Morgan fingerprint density at radius 2 is 1.73 bits per heavy atom. The van der Waals surface area contributed by atoms with Gasteiger partial charge < -0.3 is 20.3 Å². The molecule has 1 heterocycles. The standard InChI is InChI=1S/C28H31N5O4/c1-5-33(6-2)24-23(25(34)26(24)35)32-21(28(36)37-7-3)15-18-11-13-19(14-12-18)31-27-22-17(4)9-8-10-20(22)29-16-30-27/h8-14,16,21,32H,5-7,15H2,1-4H3,(H,29,30,31)/t21-/m0/s1. The van der Waals surface area contributed by atoms with Crippen LogP contribution in [0.1, 0.15) is 31.9 Å². The second-order valence-electron chi connectivity index (χ2n) is 8.72. The molecular weight excluding hydrogens is 470 g/mol. The summed E-state index contributed by atoms with van der Waals surface area (Å²) >= 11 is 0. The number of nitrogens with one attached hydrogen (secondary N) is 2. The van der Waals surface area contributed by atoms with E-state index in [1.807, 2.05) is 68.1 Å². The lowest BCUT2D eigenvalue weighted by Crippen LogP contribution is -2.46. The number of fused-ring (bicyclic) bond motifs is 1. The van der Waals surface area contributed by atoms with Crippen LogP contribution < -0.4 is 26.4 Å². The van der Waals surface area contributed by atoms with Crippen LogP contribution in [0.3, 0.4) is 0 Å². The lowest BCUT2D eigenvalue weighted by atomic mass is 10.0. The van der Waals surface area contributed by atoms with Crippen molar-refractivity contribution in [3.63, 3.8) is 0 Å². The van der Waals surface area contributed by atoms with E-state index in [2.05, 4.69) is 20.6 Å². The summed E-state index contributed by atoms with van der Waals surface area (Å²) in [5.74, 6) is 0.233. The zero-order chi connectivity index (χ0) is 26.5. The number of nitrogens with zero attached hydrogens (tertiary/aromatic N) is 3. The van der Waals surface area contributed by atoms with Gasteiger partial charge in [0.15, 0.2) is 0 Å². The van der Waals surface area contributed by atoms with Crippen LogP contribution in [0.2, 0.25) is 0 Å². The minimum atomic E-state index is -0.815. The van der Waals surface area contributed by atoms with Gasteiger partial charge in [0.1, 0.15) is 29.6 Å². The van der Waals surface area contributed by atoms with E-state index < -0.39 is 22.9 Å². The molecule has 0 amide bonds. The average molecular weight is 502 g/mol. The Balaban J connectivity index is 1.54. The highest BCUT2D eigenvalue weighted by atomic mass is 16.5. The summed E-state index contributed by atoms with van der Waals surface area (Å²) in [7, 11) is 0. The second kappa shape index (κ2) is 11.2. The van der Waals surface area contributed by atoms with Crippen molar-refractivity contribution in [1.29, 1.82) is 0 Å². The molecular formula is C28H31N5O4. The van der Waals surface area contributed by atoms with Crippen molar-refractivity contribution in [1.82, 2.24) is 9.97 Å². The van der Waals surface area contributed by atoms with Gasteiger partial charge in [0, 0.05) is 30.6 Å². The minimum Gasteiger partial charge on any atom is -0.464 e. The molecule has 9 nitrogen and oxygen atoms in total. The Kier molecular flexibility index (Phi) is 7.81. The van der Waals surface area contributed by atoms with Crippen LogP contribution in [-0.2, 0) is 16.0 Å². The third-order valence-corrected chi connectivity index (χ3v) is 6.38. The molecule has 0 saturated heterocycles. The van der Waals surface area contributed by atoms with Gasteiger partial charge in [-0.1, -0.05) is 24.3 Å². The van der Waals surface area contributed by atoms with E-state index in [1.54, 1.807) is 6.92 Å². The first kappa shape index (κ1) is 25.8. The number of rotatable bonds is 11. The third kappa shape index (κ3) is 5.30. The first-order valence-corrected chi connectivity index (χ1v) is 12.5. The van der Waals surface area contributed by atoms with E-state index in [0.717, 1.165) is 27.7 Å². The van der Waals surface area contributed by atoms with Gasteiger partial charge in [0.05, 0.1) is 12.1 Å². The molecule has 0 aliphatic rings. The summed E-state index contributed by atoms with van der Waals surface area (Å²) in [5, 5.41) is 7.31. The van der Waals surface area contributed by atoms with Gasteiger partial charge in [-0.05, 0) is 57.0 Å². The highest BCUT2D eigenvalue weighted by Crippen LogP contribution is 2.26. The molecule has 1 atom stereocenters. The number of hydrogen-bond acceptors (Lipinski definition) is 9. The van der Waals surface area contributed by atoms with Crippen molar-refractivity contribution in [3.05, 3.63) is 80.4 Å². The lowest BCUT2D eigenvalue weighted by molar-refractivity contribution is -0.144. The average Bonchev–Trinajstić information content (AvgIpc) is 2.91. The number of ether oxygens (including phenoxy) is 1. The van der Waals surface area contributed by atoms with E-state index in [-0.39, 0.29) is 18.7 Å². The Morgan fingerprint density at radius 1 is 1.00 bits per heavy atom. The molecule has 2 N–H and O–H groups in total. The van der Waals surface area contributed by atoms with Crippen LogP contribution in [0, 0.1) is 6.92 Å². The highest BCUT2D eigenvalue weighted by Gasteiger charge is 2.29. The van der Waals surface area contributed by atoms with Gasteiger partial charge in [-0.2, -0.15) is 0 Å². The molecule has 192 valence electrons. The Morgan fingerprint density at radius 3 is 2.41 bits per heavy atom. The summed E-state index contributed by atoms with van der Waals surface area (Å²) < 4.78 is 5.25. The van der Waals surface area contributed by atoms with Crippen molar-refractivity contribution < 1.29 is 9.53 Å². The number of anilines is 4. The number of carbonyl (C=O) groups excluding carboxylic acids is 1. The predicted octanol–water partition coefficient (Wildman–Crippen LogP) is 3.71. The molecule has 0 aliphatic heterocycles. The summed E-state index contributed by atoms with van der Waals surface area (Å²) in [6, 6.07) is 12.7. The van der Waals surface area contributed by atoms with Crippen molar-refractivity contribution in [2.24, 2.45) is 0 Å². The number of carbonyl (C=O) groups is 1. The molecule has 0 spiro atoms. The molecule has 0 saturated carbocycles. The van der Waals surface area contributed by atoms with Gasteiger partial charge in [-0.3, -0.25) is 9.59 Å². The van der Waals surface area contributed by atoms with Crippen molar-refractivity contribution in [2.75, 3.05) is 35.2 Å². The molecule has 37 heavy (non-hydrogen) atoms. The van der Waals surface area contributed by atoms with Crippen molar-refractivity contribution >= 4 is 39.8 Å². The molecule has 1 aromatic heterocycles. The van der Waals surface area contributed by atoms with Crippen LogP contribution in [0.5, 0.6) is 0 Å². The van der Waals surface area contributed by atoms with Gasteiger partial charge in [-0.25, -0.2) is 14.8 Å². The maximum atomic E-state index is 12.7. The van der Waals surface area contributed by atoms with Gasteiger partial charge in [0.25, 0.3) is 10.9 Å². The molecule has 0 unspecified atom stereocenters. The molecule has 0 fully saturated rings. The zero-order valence-electron chi connectivity index (χ0n) is 21.5.